The van der Waals surface area contributed by atoms with Gasteiger partial charge in [0.05, 0.1) is 34.5 Å². The van der Waals surface area contributed by atoms with Crippen LogP contribution in [0.2, 0.25) is 5.02 Å². The van der Waals surface area contributed by atoms with Crippen LogP contribution in [0.4, 0.5) is 11.5 Å². The maximum Gasteiger partial charge on any atom is 0.265 e. The Bertz CT molecular complexity index is 1030. The van der Waals surface area contributed by atoms with Crippen molar-refractivity contribution in [2.24, 2.45) is 0 Å². The van der Waals surface area contributed by atoms with Crippen LogP contribution < -0.4 is 9.62 Å². The Kier molecular flexibility index (Phi) is 4.88. The number of anilines is 2. The number of hydrogen-bond acceptors (Lipinski definition) is 5. The van der Waals surface area contributed by atoms with E-state index in [0.29, 0.717) is 22.1 Å². The number of aromatic nitrogens is 3. The van der Waals surface area contributed by atoms with Crippen LogP contribution in [0.1, 0.15) is 5.69 Å². The van der Waals surface area contributed by atoms with Crippen molar-refractivity contribution in [2.45, 2.75) is 11.8 Å². The van der Waals surface area contributed by atoms with E-state index in [4.69, 9.17) is 11.6 Å². The van der Waals surface area contributed by atoms with Crippen LogP contribution in [-0.4, -0.2) is 37.3 Å². The molecule has 0 amide bonds. The molecule has 0 bridgehead atoms. The highest BCUT2D eigenvalue weighted by Crippen LogP contribution is 2.25. The van der Waals surface area contributed by atoms with Crippen molar-refractivity contribution in [2.75, 3.05) is 23.7 Å². The number of para-hydroxylation sites is 1. The number of pyridine rings is 1. The van der Waals surface area contributed by atoms with Gasteiger partial charge in [0.15, 0.2) is 0 Å². The summed E-state index contributed by atoms with van der Waals surface area (Å²) in [5, 5.41) is 4.67. The van der Waals surface area contributed by atoms with Crippen molar-refractivity contribution < 1.29 is 8.42 Å². The molecule has 3 aromatic rings. The molecule has 0 saturated carbocycles. The zero-order valence-electron chi connectivity index (χ0n) is 14.5. The third-order valence-corrected chi connectivity index (χ3v) is 5.60. The molecule has 0 aliphatic rings. The summed E-state index contributed by atoms with van der Waals surface area (Å²) in [6.45, 7) is 1.68. The number of benzene rings is 1. The van der Waals surface area contributed by atoms with E-state index >= 15 is 0 Å². The first-order valence-corrected chi connectivity index (χ1v) is 9.61. The summed E-state index contributed by atoms with van der Waals surface area (Å²) in [5.41, 5.74) is 1.45. The molecule has 9 heteroatoms. The largest absolute Gasteiger partial charge is 0.363 e. The maximum atomic E-state index is 12.7. The van der Waals surface area contributed by atoms with Crippen LogP contribution in [0.5, 0.6) is 0 Å². The highest BCUT2D eigenvalue weighted by Gasteiger charge is 2.22. The SMILES string of the molecule is Cc1c(S(=O)(=O)Nc2ccc(N(C)C)nc2)cnn1-c1ccccc1Cl. The Labute approximate surface area is 157 Å². The first kappa shape index (κ1) is 18.2. The first-order chi connectivity index (χ1) is 12.3. The molecule has 3 rings (SSSR count). The summed E-state index contributed by atoms with van der Waals surface area (Å²) < 4.78 is 29.5. The molecule has 0 fully saturated rings. The molecule has 2 heterocycles. The lowest BCUT2D eigenvalue weighted by Crippen LogP contribution is -2.15. The molecule has 0 aliphatic heterocycles. The summed E-state index contributed by atoms with van der Waals surface area (Å²) in [5.74, 6) is 0.732. The average molecular weight is 392 g/mol. The van der Waals surface area contributed by atoms with Gasteiger partial charge in [-0.25, -0.2) is 18.1 Å². The minimum Gasteiger partial charge on any atom is -0.363 e. The molecule has 0 unspecified atom stereocenters. The molecular formula is C17H18ClN5O2S. The van der Waals surface area contributed by atoms with Crippen LogP contribution in [0, 0.1) is 6.92 Å². The zero-order valence-corrected chi connectivity index (χ0v) is 16.1. The zero-order chi connectivity index (χ0) is 18.9. The lowest BCUT2D eigenvalue weighted by atomic mass is 10.3. The van der Waals surface area contributed by atoms with E-state index in [0.717, 1.165) is 5.82 Å². The normalized spacial score (nSPS) is 11.4. The molecule has 7 nitrogen and oxygen atoms in total. The quantitative estimate of drug-likeness (QED) is 0.722. The Balaban J connectivity index is 1.92. The molecule has 0 saturated heterocycles. The minimum absolute atomic E-state index is 0.0779. The molecular weight excluding hydrogens is 374 g/mol. The van der Waals surface area contributed by atoms with Gasteiger partial charge in [-0.15, -0.1) is 0 Å². The standard InChI is InChI=1S/C17H18ClN5O2S/c1-12-16(11-20-23(12)15-7-5-4-6-14(15)18)26(24,25)21-13-8-9-17(19-10-13)22(2)3/h4-11,21H,1-3H3. The van der Waals surface area contributed by atoms with Crippen LogP contribution in [0.25, 0.3) is 5.69 Å². The smallest absolute Gasteiger partial charge is 0.265 e. The van der Waals surface area contributed by atoms with E-state index in [9.17, 15) is 8.42 Å². The van der Waals surface area contributed by atoms with Crippen LogP contribution in [-0.2, 0) is 10.0 Å². The second-order valence-corrected chi connectivity index (χ2v) is 7.92. The first-order valence-electron chi connectivity index (χ1n) is 7.75. The van der Waals surface area contributed by atoms with Crippen molar-refractivity contribution >= 4 is 33.1 Å². The fraction of sp³-hybridized carbons (Fsp3) is 0.176. The highest BCUT2D eigenvalue weighted by atomic mass is 35.5. The van der Waals surface area contributed by atoms with Crippen LogP contribution in [0.15, 0.2) is 53.7 Å². The molecule has 2 aromatic heterocycles. The second-order valence-electron chi connectivity index (χ2n) is 5.86. The van der Waals surface area contributed by atoms with Gasteiger partial charge in [-0.2, -0.15) is 5.10 Å². The minimum atomic E-state index is -3.81. The fourth-order valence-corrected chi connectivity index (χ4v) is 3.86. The van der Waals surface area contributed by atoms with Crippen molar-refractivity contribution in [3.05, 3.63) is 59.5 Å². The van der Waals surface area contributed by atoms with E-state index in [1.165, 1.54) is 17.1 Å². The molecule has 1 aromatic carbocycles. The van der Waals surface area contributed by atoms with Crippen LogP contribution in [0.3, 0.4) is 0 Å². The van der Waals surface area contributed by atoms with E-state index in [1.807, 2.05) is 25.1 Å². The number of nitrogens with one attached hydrogen (secondary N) is 1. The number of halogens is 1. The number of sulfonamides is 1. The summed E-state index contributed by atoms with van der Waals surface area (Å²) >= 11 is 6.19. The number of hydrogen-bond donors (Lipinski definition) is 1. The Morgan fingerprint density at radius 3 is 2.46 bits per heavy atom. The van der Waals surface area contributed by atoms with Crippen LogP contribution >= 0.6 is 11.6 Å². The summed E-state index contributed by atoms with van der Waals surface area (Å²) in [4.78, 5) is 6.11. The van der Waals surface area contributed by atoms with Gasteiger partial charge in [0, 0.05) is 14.1 Å². The molecule has 0 atom stereocenters. The third-order valence-electron chi connectivity index (χ3n) is 3.79. The predicted molar refractivity (Wildman–Crippen MR) is 103 cm³/mol. The Morgan fingerprint density at radius 2 is 1.85 bits per heavy atom. The van der Waals surface area contributed by atoms with Crippen molar-refractivity contribution in [1.29, 1.82) is 0 Å². The van der Waals surface area contributed by atoms with Crippen molar-refractivity contribution in [1.82, 2.24) is 14.8 Å². The molecule has 136 valence electrons. The Morgan fingerprint density at radius 1 is 1.12 bits per heavy atom. The van der Waals surface area contributed by atoms with Gasteiger partial charge in [-0.1, -0.05) is 23.7 Å². The summed E-state index contributed by atoms with van der Waals surface area (Å²) in [7, 11) is -0.0876. The lowest BCUT2D eigenvalue weighted by molar-refractivity contribution is 0.600. The van der Waals surface area contributed by atoms with Gasteiger partial charge in [0.25, 0.3) is 10.0 Å². The average Bonchev–Trinajstić information content (AvgIpc) is 2.98. The number of nitrogens with zero attached hydrogens (tertiary/aromatic N) is 4. The van der Waals surface area contributed by atoms with E-state index in [2.05, 4.69) is 14.8 Å². The molecule has 1 N–H and O–H groups in total. The fourth-order valence-electron chi connectivity index (χ4n) is 2.45. The second kappa shape index (κ2) is 6.97. The van der Waals surface area contributed by atoms with E-state index in [-0.39, 0.29) is 4.90 Å². The summed E-state index contributed by atoms with van der Waals surface area (Å²) in [6.07, 6.45) is 2.78. The monoisotopic (exact) mass is 391 g/mol. The number of rotatable bonds is 5. The lowest BCUT2D eigenvalue weighted by Gasteiger charge is -2.12. The van der Waals surface area contributed by atoms with Gasteiger partial charge < -0.3 is 4.90 Å². The topological polar surface area (TPSA) is 80.1 Å². The van der Waals surface area contributed by atoms with Gasteiger partial charge in [-0.05, 0) is 31.2 Å². The van der Waals surface area contributed by atoms with Gasteiger partial charge in [-0.3, -0.25) is 4.72 Å². The van der Waals surface area contributed by atoms with E-state index in [1.54, 1.807) is 37.3 Å². The summed E-state index contributed by atoms with van der Waals surface area (Å²) in [6, 6.07) is 10.5. The molecule has 26 heavy (non-hydrogen) atoms. The maximum absolute atomic E-state index is 12.7. The van der Waals surface area contributed by atoms with Crippen molar-refractivity contribution in [3.8, 4) is 5.69 Å². The van der Waals surface area contributed by atoms with Gasteiger partial charge in [0.2, 0.25) is 0 Å². The van der Waals surface area contributed by atoms with Gasteiger partial charge >= 0.3 is 0 Å². The highest BCUT2D eigenvalue weighted by molar-refractivity contribution is 7.92. The Hall–Kier alpha value is -2.58. The molecule has 0 radical (unpaired) electrons. The third kappa shape index (κ3) is 3.51. The van der Waals surface area contributed by atoms with Gasteiger partial charge in [0.1, 0.15) is 10.7 Å². The predicted octanol–water partition coefficient (Wildman–Crippen LogP) is 3.10. The molecule has 0 spiro atoms. The van der Waals surface area contributed by atoms with E-state index < -0.39 is 10.0 Å². The molecule has 0 aliphatic carbocycles. The van der Waals surface area contributed by atoms with Crippen molar-refractivity contribution in [3.63, 3.8) is 0 Å².